The third-order valence-corrected chi connectivity index (χ3v) is 5.72. The summed E-state index contributed by atoms with van der Waals surface area (Å²) in [5, 5.41) is 13.3. The Bertz CT molecular complexity index is 1340. The zero-order valence-electron chi connectivity index (χ0n) is 18.2. The molecule has 0 saturated heterocycles. The lowest BCUT2D eigenvalue weighted by molar-refractivity contribution is -0.125. The number of amides is 1. The first-order chi connectivity index (χ1) is 15.4. The molecule has 2 heterocycles. The molecule has 0 radical (unpaired) electrons. The van der Waals surface area contributed by atoms with Gasteiger partial charge in [0, 0.05) is 11.6 Å². The molecule has 0 spiro atoms. The van der Waals surface area contributed by atoms with Crippen LogP contribution >= 0.6 is 11.6 Å². The summed E-state index contributed by atoms with van der Waals surface area (Å²) in [6.07, 6.45) is 0.414. The van der Waals surface area contributed by atoms with E-state index in [1.54, 1.807) is 16.8 Å². The molecule has 0 saturated carbocycles. The van der Waals surface area contributed by atoms with Gasteiger partial charge in [-0.25, -0.2) is 9.36 Å². The van der Waals surface area contributed by atoms with Gasteiger partial charge in [-0.2, -0.15) is 10.2 Å². The summed E-state index contributed by atoms with van der Waals surface area (Å²) < 4.78 is 3.00. The number of nitrogens with zero attached hydrogens (tertiary/aromatic N) is 4. The van der Waals surface area contributed by atoms with E-state index in [1.165, 1.54) is 4.68 Å². The SMILES string of the molecule is CC[C@H](C(=O)NCc1cccc(Cl)c1)n1nc(C)c2c(C)n(-c3ccccc3)nc2c1=O. The van der Waals surface area contributed by atoms with Crippen LogP contribution in [0.1, 0.15) is 36.3 Å². The highest BCUT2D eigenvalue weighted by Crippen LogP contribution is 2.22. The van der Waals surface area contributed by atoms with Crippen LogP contribution in [0.3, 0.4) is 0 Å². The van der Waals surface area contributed by atoms with Crippen LogP contribution in [0.2, 0.25) is 5.02 Å². The van der Waals surface area contributed by atoms with Gasteiger partial charge in [0.2, 0.25) is 5.91 Å². The molecule has 32 heavy (non-hydrogen) atoms. The van der Waals surface area contributed by atoms with E-state index in [0.29, 0.717) is 34.6 Å². The lowest BCUT2D eigenvalue weighted by atomic mass is 10.1. The number of rotatable bonds is 6. The first-order valence-electron chi connectivity index (χ1n) is 10.5. The van der Waals surface area contributed by atoms with Gasteiger partial charge in [-0.15, -0.1) is 0 Å². The Morgan fingerprint density at radius 1 is 1.09 bits per heavy atom. The fraction of sp³-hybridized carbons (Fsp3) is 0.250. The highest BCUT2D eigenvalue weighted by molar-refractivity contribution is 6.30. The average molecular weight is 450 g/mol. The van der Waals surface area contributed by atoms with E-state index in [0.717, 1.165) is 16.9 Å². The highest BCUT2D eigenvalue weighted by Gasteiger charge is 2.25. The second-order valence-electron chi connectivity index (χ2n) is 7.66. The number of carbonyl (C=O) groups excluding carboxylic acids is 1. The van der Waals surface area contributed by atoms with Crippen LogP contribution in [0.4, 0.5) is 0 Å². The first-order valence-corrected chi connectivity index (χ1v) is 10.8. The average Bonchev–Trinajstić information content (AvgIpc) is 3.15. The van der Waals surface area contributed by atoms with Gasteiger partial charge in [0.1, 0.15) is 6.04 Å². The third kappa shape index (κ3) is 4.03. The summed E-state index contributed by atoms with van der Waals surface area (Å²) in [4.78, 5) is 26.3. The second-order valence-corrected chi connectivity index (χ2v) is 8.10. The van der Waals surface area contributed by atoms with Crippen LogP contribution in [-0.2, 0) is 11.3 Å². The molecule has 1 atom stereocenters. The van der Waals surface area contributed by atoms with Crippen LogP contribution in [0, 0.1) is 13.8 Å². The van der Waals surface area contributed by atoms with Gasteiger partial charge < -0.3 is 5.32 Å². The number of benzene rings is 2. The maximum absolute atomic E-state index is 13.3. The van der Waals surface area contributed by atoms with E-state index < -0.39 is 6.04 Å². The van der Waals surface area contributed by atoms with Crippen molar-refractivity contribution in [2.24, 2.45) is 0 Å². The lowest BCUT2D eigenvalue weighted by Gasteiger charge is -2.17. The number of hydrogen-bond donors (Lipinski definition) is 1. The van der Waals surface area contributed by atoms with Crippen molar-refractivity contribution in [3.8, 4) is 5.69 Å². The number of aryl methyl sites for hydroxylation is 2. The molecule has 2 aromatic carbocycles. The first kappa shape index (κ1) is 21.8. The number of fused-ring (bicyclic) bond motifs is 1. The van der Waals surface area contributed by atoms with Crippen molar-refractivity contribution in [3.05, 3.63) is 86.9 Å². The summed E-state index contributed by atoms with van der Waals surface area (Å²) in [5.41, 5.74) is 3.15. The Kier molecular flexibility index (Phi) is 6.10. The number of para-hydroxylation sites is 1. The Morgan fingerprint density at radius 2 is 1.84 bits per heavy atom. The van der Waals surface area contributed by atoms with E-state index in [1.807, 2.05) is 63.2 Å². The molecule has 0 aliphatic heterocycles. The van der Waals surface area contributed by atoms with Crippen LogP contribution in [-0.4, -0.2) is 25.5 Å². The lowest BCUT2D eigenvalue weighted by Crippen LogP contribution is -2.38. The Morgan fingerprint density at radius 3 is 2.53 bits per heavy atom. The zero-order valence-corrected chi connectivity index (χ0v) is 18.9. The van der Waals surface area contributed by atoms with Crippen molar-refractivity contribution in [3.63, 3.8) is 0 Å². The van der Waals surface area contributed by atoms with Gasteiger partial charge in [0.15, 0.2) is 5.52 Å². The van der Waals surface area contributed by atoms with E-state index in [-0.39, 0.29) is 11.5 Å². The largest absolute Gasteiger partial charge is 0.350 e. The minimum Gasteiger partial charge on any atom is -0.350 e. The minimum atomic E-state index is -0.744. The molecule has 0 unspecified atom stereocenters. The molecule has 2 aromatic heterocycles. The van der Waals surface area contributed by atoms with Crippen LogP contribution in [0.25, 0.3) is 16.6 Å². The predicted octanol–water partition coefficient (Wildman–Crippen LogP) is 4.12. The number of halogens is 1. The molecule has 7 nitrogen and oxygen atoms in total. The summed E-state index contributed by atoms with van der Waals surface area (Å²) in [7, 11) is 0. The van der Waals surface area contributed by atoms with Crippen molar-refractivity contribution in [1.82, 2.24) is 24.9 Å². The molecule has 4 aromatic rings. The molecule has 0 aliphatic rings. The number of carbonyl (C=O) groups is 1. The zero-order chi connectivity index (χ0) is 22.8. The maximum Gasteiger partial charge on any atom is 0.295 e. The Hall–Kier alpha value is -3.45. The Labute approximate surface area is 190 Å². The van der Waals surface area contributed by atoms with Crippen molar-refractivity contribution >= 4 is 28.4 Å². The molecule has 8 heteroatoms. The second kappa shape index (κ2) is 8.96. The topological polar surface area (TPSA) is 81.8 Å². The quantitative estimate of drug-likeness (QED) is 0.480. The van der Waals surface area contributed by atoms with E-state index >= 15 is 0 Å². The Balaban J connectivity index is 1.70. The molecule has 0 aliphatic carbocycles. The predicted molar refractivity (Wildman–Crippen MR) is 125 cm³/mol. The normalized spacial score (nSPS) is 12.1. The van der Waals surface area contributed by atoms with Crippen molar-refractivity contribution in [2.75, 3.05) is 0 Å². The molecule has 1 N–H and O–H groups in total. The molecule has 1 amide bonds. The minimum absolute atomic E-state index is 0.278. The smallest absolute Gasteiger partial charge is 0.295 e. The van der Waals surface area contributed by atoms with Crippen molar-refractivity contribution < 1.29 is 4.79 Å². The summed E-state index contributed by atoms with van der Waals surface area (Å²) in [6.45, 7) is 5.91. The summed E-state index contributed by atoms with van der Waals surface area (Å²) in [6, 6.07) is 16.2. The molecule has 0 fully saturated rings. The molecule has 164 valence electrons. The van der Waals surface area contributed by atoms with Crippen LogP contribution in [0.15, 0.2) is 59.4 Å². The van der Waals surface area contributed by atoms with Gasteiger partial charge in [-0.05, 0) is 50.1 Å². The van der Waals surface area contributed by atoms with Crippen molar-refractivity contribution in [2.45, 2.75) is 39.8 Å². The van der Waals surface area contributed by atoms with Crippen molar-refractivity contribution in [1.29, 1.82) is 0 Å². The number of nitrogens with one attached hydrogen (secondary N) is 1. The van der Waals surface area contributed by atoms with Gasteiger partial charge in [-0.3, -0.25) is 9.59 Å². The van der Waals surface area contributed by atoms with Gasteiger partial charge in [0.05, 0.1) is 22.5 Å². The number of aromatic nitrogens is 4. The monoisotopic (exact) mass is 449 g/mol. The summed E-state index contributed by atoms with van der Waals surface area (Å²) in [5.74, 6) is -0.278. The molecular weight excluding hydrogens is 426 g/mol. The maximum atomic E-state index is 13.3. The van der Waals surface area contributed by atoms with E-state index in [9.17, 15) is 9.59 Å². The molecule has 4 rings (SSSR count). The molecule has 0 bridgehead atoms. The third-order valence-electron chi connectivity index (χ3n) is 5.49. The van der Waals surface area contributed by atoms with Gasteiger partial charge in [-0.1, -0.05) is 48.9 Å². The standard InChI is InChI=1S/C24H24ClN5O2/c1-4-20(23(31)26-14-17-9-8-10-18(25)13-17)30-24(32)22-21(15(2)27-30)16(3)29(28-22)19-11-6-5-7-12-19/h5-13,20H,4,14H2,1-3H3,(H,26,31)/t20-/m1/s1. The fourth-order valence-electron chi connectivity index (χ4n) is 3.91. The van der Waals surface area contributed by atoms with Gasteiger partial charge >= 0.3 is 0 Å². The van der Waals surface area contributed by atoms with E-state index in [2.05, 4.69) is 15.5 Å². The van der Waals surface area contributed by atoms with Gasteiger partial charge in [0.25, 0.3) is 5.56 Å². The van der Waals surface area contributed by atoms with E-state index in [4.69, 9.17) is 11.6 Å². The van der Waals surface area contributed by atoms with Crippen LogP contribution in [0.5, 0.6) is 0 Å². The molecular formula is C24H24ClN5O2. The highest BCUT2D eigenvalue weighted by atomic mass is 35.5. The summed E-state index contributed by atoms with van der Waals surface area (Å²) >= 11 is 6.02. The fourth-order valence-corrected chi connectivity index (χ4v) is 4.12. The number of hydrogen-bond acceptors (Lipinski definition) is 4. The van der Waals surface area contributed by atoms with Crippen LogP contribution < -0.4 is 10.9 Å².